The van der Waals surface area contributed by atoms with Gasteiger partial charge in [0.15, 0.2) is 11.6 Å². The summed E-state index contributed by atoms with van der Waals surface area (Å²) in [4.78, 5) is 13.1. The number of H-pyrrole nitrogens is 2. The van der Waals surface area contributed by atoms with Crippen molar-refractivity contribution in [3.05, 3.63) is 40.8 Å². The Bertz CT molecular complexity index is 1320. The van der Waals surface area contributed by atoms with Gasteiger partial charge in [0.25, 0.3) is 0 Å². The Morgan fingerprint density at radius 1 is 0.659 bits per heavy atom. The molecule has 0 radical (unpaired) electrons. The third kappa shape index (κ3) is 8.60. The van der Waals surface area contributed by atoms with E-state index in [2.05, 4.69) is 32.1 Å². The van der Waals surface area contributed by atoms with Crippen molar-refractivity contribution in [1.82, 2.24) is 35.3 Å². The molecular weight excluding hydrogens is 568 g/mol. The second-order valence-corrected chi connectivity index (χ2v) is 11.0. The highest BCUT2D eigenvalue weighted by Crippen LogP contribution is 2.35. The van der Waals surface area contributed by atoms with Crippen molar-refractivity contribution in [3.8, 4) is 33.5 Å². The van der Waals surface area contributed by atoms with Crippen molar-refractivity contribution in [2.45, 2.75) is 89.9 Å². The van der Waals surface area contributed by atoms with E-state index >= 15 is 0 Å². The topological polar surface area (TPSA) is 96.0 Å². The fraction of sp³-hybridized carbons (Fsp3) is 0.519. The van der Waals surface area contributed by atoms with E-state index in [1.807, 2.05) is 22.3 Å². The van der Waals surface area contributed by atoms with Crippen molar-refractivity contribution >= 4 is 11.3 Å². The number of hydrogen-bond acceptors (Lipinski definition) is 6. The molecule has 0 aliphatic heterocycles. The molecule has 0 aliphatic carbocycles. The lowest BCUT2D eigenvalue weighted by molar-refractivity contribution is -0.145. The molecule has 0 fully saturated rings. The van der Waals surface area contributed by atoms with Gasteiger partial charge in [-0.3, -0.25) is 10.2 Å². The summed E-state index contributed by atoms with van der Waals surface area (Å²) >= 11 is 1.51. The van der Waals surface area contributed by atoms with Crippen LogP contribution in [0.2, 0.25) is 0 Å². The summed E-state index contributed by atoms with van der Waals surface area (Å²) in [6.45, 7) is 2.21. The Kier molecular flexibility index (Phi) is 10.2. The van der Waals surface area contributed by atoms with E-state index in [-0.39, 0.29) is 23.0 Å². The molecule has 0 unspecified atom stereocenters. The number of rotatable bonds is 14. The molecule has 4 aromatic rings. The lowest BCUT2D eigenvalue weighted by Gasteiger charge is -2.05. The molecule has 222 valence electrons. The molecule has 4 rings (SSSR count). The third-order valence-electron chi connectivity index (χ3n) is 6.51. The highest BCUT2D eigenvalue weighted by molar-refractivity contribution is 7.15. The molecule has 0 spiro atoms. The van der Waals surface area contributed by atoms with Gasteiger partial charge in [-0.15, -0.1) is 11.3 Å². The summed E-state index contributed by atoms with van der Waals surface area (Å²) in [5, 5.41) is 10.9. The standard InChI is InChI=1S/C27H31F6N7S/c1-2-3-4-5-6-7-8-9-10-11-12-18-13-14-21(41-18)17-15-19(22-35-24(39-37-22)26(28,29)30)34-20(16-17)23-36-25(40-38-23)27(31,32)33/h13-16H,2-12H2,1H3,(H,35,37,39)(H,36,38,40). The quantitative estimate of drug-likeness (QED) is 0.111. The van der Waals surface area contributed by atoms with Crippen LogP contribution in [0.25, 0.3) is 33.5 Å². The Morgan fingerprint density at radius 3 is 1.61 bits per heavy atom. The molecule has 7 nitrogen and oxygen atoms in total. The van der Waals surface area contributed by atoms with Crippen LogP contribution < -0.4 is 0 Å². The van der Waals surface area contributed by atoms with Crippen molar-refractivity contribution < 1.29 is 26.3 Å². The number of hydrogen-bond donors (Lipinski definition) is 2. The van der Waals surface area contributed by atoms with Crippen LogP contribution in [0.15, 0.2) is 24.3 Å². The van der Waals surface area contributed by atoms with Crippen LogP contribution in [0, 0.1) is 0 Å². The highest BCUT2D eigenvalue weighted by atomic mass is 32.1. The molecule has 0 saturated heterocycles. The predicted octanol–water partition coefficient (Wildman–Crippen LogP) is 8.88. The van der Waals surface area contributed by atoms with Crippen LogP contribution in [-0.4, -0.2) is 35.3 Å². The van der Waals surface area contributed by atoms with Crippen molar-refractivity contribution in [3.63, 3.8) is 0 Å². The normalized spacial score (nSPS) is 12.4. The molecule has 0 saturated carbocycles. The molecule has 0 aliphatic rings. The van der Waals surface area contributed by atoms with Gasteiger partial charge < -0.3 is 0 Å². The molecule has 0 atom stereocenters. The molecule has 2 N–H and O–H groups in total. The summed E-state index contributed by atoms with van der Waals surface area (Å²) in [6.07, 6.45) is 3.72. The van der Waals surface area contributed by atoms with Crippen molar-refractivity contribution in [2.24, 2.45) is 0 Å². The zero-order valence-electron chi connectivity index (χ0n) is 22.5. The van der Waals surface area contributed by atoms with Gasteiger partial charge in [-0.1, -0.05) is 64.7 Å². The molecule has 0 bridgehead atoms. The lowest BCUT2D eigenvalue weighted by atomic mass is 10.1. The summed E-state index contributed by atoms with van der Waals surface area (Å²) in [6, 6.07) is 6.86. The van der Waals surface area contributed by atoms with E-state index in [0.717, 1.165) is 29.0 Å². The first-order valence-corrected chi connectivity index (χ1v) is 14.5. The van der Waals surface area contributed by atoms with E-state index < -0.39 is 24.0 Å². The Morgan fingerprint density at radius 2 is 1.15 bits per heavy atom. The monoisotopic (exact) mass is 599 g/mol. The van der Waals surface area contributed by atoms with Gasteiger partial charge in [0.2, 0.25) is 11.6 Å². The van der Waals surface area contributed by atoms with E-state index in [1.165, 1.54) is 74.8 Å². The molecule has 4 aromatic heterocycles. The largest absolute Gasteiger partial charge is 0.451 e. The Hall–Kier alpha value is -3.29. The number of unbranched alkanes of at least 4 members (excludes halogenated alkanes) is 9. The zero-order chi connectivity index (χ0) is 29.5. The number of halogens is 6. The summed E-state index contributed by atoms with van der Waals surface area (Å²) < 4.78 is 78.5. The first-order valence-electron chi connectivity index (χ1n) is 13.7. The third-order valence-corrected chi connectivity index (χ3v) is 7.71. The average molecular weight is 600 g/mol. The Labute approximate surface area is 237 Å². The van der Waals surface area contributed by atoms with E-state index in [4.69, 9.17) is 0 Å². The fourth-order valence-electron chi connectivity index (χ4n) is 4.36. The smallest absolute Gasteiger partial charge is 0.255 e. The van der Waals surface area contributed by atoms with Gasteiger partial charge in [-0.2, -0.15) is 36.5 Å². The van der Waals surface area contributed by atoms with Gasteiger partial charge in [0, 0.05) is 9.75 Å². The van der Waals surface area contributed by atoms with E-state index in [9.17, 15) is 26.3 Å². The number of aromatic nitrogens is 7. The Balaban J connectivity index is 1.48. The number of alkyl halides is 6. The average Bonchev–Trinajstić information content (AvgIpc) is 3.70. The number of nitrogens with one attached hydrogen (secondary N) is 2. The molecular formula is C27H31F6N7S. The number of pyridine rings is 1. The van der Waals surface area contributed by atoms with Gasteiger partial charge in [0.05, 0.1) is 0 Å². The maximum atomic E-state index is 13.1. The maximum Gasteiger partial charge on any atom is 0.451 e. The van der Waals surface area contributed by atoms with Crippen molar-refractivity contribution in [2.75, 3.05) is 0 Å². The number of aryl methyl sites for hydroxylation is 1. The minimum atomic E-state index is -4.76. The second-order valence-electron chi connectivity index (χ2n) is 9.84. The summed E-state index contributed by atoms with van der Waals surface area (Å²) in [5.74, 6) is -3.33. The van der Waals surface area contributed by atoms with Crippen LogP contribution in [0.5, 0.6) is 0 Å². The molecule has 4 heterocycles. The number of nitrogens with zero attached hydrogens (tertiary/aromatic N) is 5. The summed E-state index contributed by atoms with van der Waals surface area (Å²) in [7, 11) is 0. The first-order chi connectivity index (χ1) is 19.5. The second kappa shape index (κ2) is 13.6. The number of thiophene rings is 1. The predicted molar refractivity (Wildman–Crippen MR) is 144 cm³/mol. The van der Waals surface area contributed by atoms with E-state index in [1.54, 1.807) is 0 Å². The maximum absolute atomic E-state index is 13.1. The van der Waals surface area contributed by atoms with Crippen LogP contribution >= 0.6 is 11.3 Å². The van der Waals surface area contributed by atoms with Crippen molar-refractivity contribution in [1.29, 1.82) is 0 Å². The van der Waals surface area contributed by atoms with Gasteiger partial charge in [-0.05, 0) is 42.7 Å². The minimum Gasteiger partial charge on any atom is -0.255 e. The first kappa shape index (κ1) is 30.7. The van der Waals surface area contributed by atoms with Gasteiger partial charge >= 0.3 is 12.4 Å². The van der Waals surface area contributed by atoms with Crippen LogP contribution in [0.4, 0.5) is 26.3 Å². The lowest BCUT2D eigenvalue weighted by Crippen LogP contribution is -2.07. The van der Waals surface area contributed by atoms with Gasteiger partial charge in [0.1, 0.15) is 11.4 Å². The van der Waals surface area contributed by atoms with Gasteiger partial charge in [-0.25, -0.2) is 15.0 Å². The molecule has 0 amide bonds. The van der Waals surface area contributed by atoms with Crippen LogP contribution in [-0.2, 0) is 18.8 Å². The molecule has 41 heavy (non-hydrogen) atoms. The molecule has 14 heteroatoms. The SMILES string of the molecule is CCCCCCCCCCCCc1ccc(-c2cc(-c3n[nH]c(C(F)(F)F)n3)nc(-c3n[nH]c(C(F)(F)F)n3)c2)s1. The highest BCUT2D eigenvalue weighted by Gasteiger charge is 2.36. The molecule has 0 aromatic carbocycles. The number of aromatic amines is 2. The summed E-state index contributed by atoms with van der Waals surface area (Å²) in [5.41, 5.74) is 0.403. The van der Waals surface area contributed by atoms with Crippen LogP contribution in [0.3, 0.4) is 0 Å². The van der Waals surface area contributed by atoms with E-state index in [0.29, 0.717) is 5.56 Å². The fourth-order valence-corrected chi connectivity index (χ4v) is 5.40. The zero-order valence-corrected chi connectivity index (χ0v) is 23.3. The van der Waals surface area contributed by atoms with Crippen LogP contribution in [0.1, 0.15) is 87.7 Å². The minimum absolute atomic E-state index is 0.0627.